The lowest BCUT2D eigenvalue weighted by molar-refractivity contribution is 0.0756. The van der Waals surface area contributed by atoms with Crippen molar-refractivity contribution in [2.45, 2.75) is 27.3 Å². The minimum absolute atomic E-state index is 0.0117. The van der Waals surface area contributed by atoms with Gasteiger partial charge in [-0.1, -0.05) is 6.07 Å². The summed E-state index contributed by atoms with van der Waals surface area (Å²) in [6, 6.07) is 13.6. The number of hydrogen-bond donors (Lipinski definition) is 0. The zero-order valence-electron chi connectivity index (χ0n) is 17.3. The first kappa shape index (κ1) is 20.2. The average molecular weight is 425 g/mol. The van der Waals surface area contributed by atoms with Gasteiger partial charge in [-0.3, -0.25) is 4.79 Å². The van der Waals surface area contributed by atoms with E-state index in [2.05, 4.69) is 4.98 Å². The van der Waals surface area contributed by atoms with Crippen LogP contribution in [0.2, 0.25) is 0 Å². The molecule has 2 aromatic carbocycles. The van der Waals surface area contributed by atoms with E-state index in [0.29, 0.717) is 24.6 Å². The highest BCUT2D eigenvalue weighted by atomic mass is 32.1. The van der Waals surface area contributed by atoms with E-state index < -0.39 is 0 Å². The Balaban J connectivity index is 1.53. The fourth-order valence-corrected chi connectivity index (χ4v) is 4.35. The minimum Gasteiger partial charge on any atom is -0.494 e. The average Bonchev–Trinajstić information content (AvgIpc) is 3.38. The summed E-state index contributed by atoms with van der Waals surface area (Å²) in [6.45, 7) is 7.79. The smallest absolute Gasteiger partial charge is 0.266 e. The molecule has 6 nitrogen and oxygen atoms in total. The summed E-state index contributed by atoms with van der Waals surface area (Å²) in [5, 5.41) is 0.832. The molecule has 7 heteroatoms. The van der Waals surface area contributed by atoms with Crippen LogP contribution < -0.4 is 14.2 Å². The summed E-state index contributed by atoms with van der Waals surface area (Å²) in [4.78, 5) is 20.4. The van der Waals surface area contributed by atoms with Crippen LogP contribution in [0.4, 0.5) is 0 Å². The number of carbonyl (C=O) groups is 1. The van der Waals surface area contributed by atoms with Gasteiger partial charge in [0.25, 0.3) is 5.91 Å². The fourth-order valence-electron chi connectivity index (χ4n) is 3.31. The maximum atomic E-state index is 13.2. The number of hydrogen-bond acceptors (Lipinski definition) is 6. The van der Waals surface area contributed by atoms with Crippen molar-refractivity contribution in [1.29, 1.82) is 0 Å². The summed E-state index contributed by atoms with van der Waals surface area (Å²) in [5.41, 5.74) is 2.73. The largest absolute Gasteiger partial charge is 0.494 e. The number of fused-ring (bicyclic) bond motifs is 1. The summed E-state index contributed by atoms with van der Waals surface area (Å²) in [5.74, 6) is 2.28. The number of aryl methyl sites for hydroxylation is 1. The van der Waals surface area contributed by atoms with Gasteiger partial charge in [-0.25, -0.2) is 4.98 Å². The second-order valence-electron chi connectivity index (χ2n) is 6.90. The number of amides is 1. The van der Waals surface area contributed by atoms with Gasteiger partial charge in [-0.2, -0.15) is 0 Å². The van der Waals surface area contributed by atoms with E-state index in [1.165, 1.54) is 11.3 Å². The molecule has 1 aliphatic rings. The van der Waals surface area contributed by atoms with Crippen molar-refractivity contribution in [3.8, 4) is 27.8 Å². The van der Waals surface area contributed by atoms with Gasteiger partial charge < -0.3 is 19.1 Å². The topological polar surface area (TPSA) is 60.9 Å². The molecule has 0 saturated heterocycles. The predicted octanol–water partition coefficient (Wildman–Crippen LogP) is 4.91. The molecule has 0 N–H and O–H groups in total. The van der Waals surface area contributed by atoms with Gasteiger partial charge in [0, 0.05) is 18.7 Å². The third-order valence-corrected chi connectivity index (χ3v) is 6.08. The third-order valence-electron chi connectivity index (χ3n) is 4.88. The summed E-state index contributed by atoms with van der Waals surface area (Å²) in [7, 11) is 0. The Hall–Kier alpha value is -3.06. The number of rotatable bonds is 7. The van der Waals surface area contributed by atoms with E-state index in [-0.39, 0.29) is 12.7 Å². The van der Waals surface area contributed by atoms with Crippen LogP contribution in [0.1, 0.15) is 34.8 Å². The molecule has 0 unspecified atom stereocenters. The Bertz CT molecular complexity index is 1050. The van der Waals surface area contributed by atoms with E-state index in [1.54, 1.807) is 0 Å². The van der Waals surface area contributed by atoms with E-state index in [1.807, 2.05) is 68.1 Å². The monoisotopic (exact) mass is 424 g/mol. The minimum atomic E-state index is -0.0117. The summed E-state index contributed by atoms with van der Waals surface area (Å²) in [6.07, 6.45) is 0. The van der Waals surface area contributed by atoms with Crippen LogP contribution in [0.25, 0.3) is 10.6 Å². The molecule has 0 aliphatic carbocycles. The second kappa shape index (κ2) is 8.75. The molecule has 0 atom stereocenters. The van der Waals surface area contributed by atoms with Gasteiger partial charge in [0.15, 0.2) is 11.5 Å². The maximum absolute atomic E-state index is 13.2. The molecule has 3 aromatic rings. The molecule has 0 bridgehead atoms. The Labute approximate surface area is 180 Å². The second-order valence-corrected chi connectivity index (χ2v) is 7.90. The van der Waals surface area contributed by atoms with Crippen molar-refractivity contribution < 1.29 is 19.0 Å². The van der Waals surface area contributed by atoms with Gasteiger partial charge in [-0.05, 0) is 62.7 Å². The van der Waals surface area contributed by atoms with Crippen LogP contribution in [0.5, 0.6) is 17.2 Å². The van der Waals surface area contributed by atoms with Crippen LogP contribution in [0, 0.1) is 6.92 Å². The number of nitrogens with zero attached hydrogens (tertiary/aromatic N) is 2. The molecule has 30 heavy (non-hydrogen) atoms. The molecule has 2 heterocycles. The first-order valence-corrected chi connectivity index (χ1v) is 10.8. The normalized spacial score (nSPS) is 12.1. The van der Waals surface area contributed by atoms with Gasteiger partial charge >= 0.3 is 0 Å². The molecule has 0 saturated carbocycles. The van der Waals surface area contributed by atoms with Crippen LogP contribution in [0.15, 0.2) is 42.5 Å². The number of benzene rings is 2. The van der Waals surface area contributed by atoms with Gasteiger partial charge in [-0.15, -0.1) is 11.3 Å². The molecule has 1 aromatic heterocycles. The van der Waals surface area contributed by atoms with Crippen molar-refractivity contribution in [2.75, 3.05) is 19.9 Å². The van der Waals surface area contributed by atoms with Gasteiger partial charge in [0.1, 0.15) is 15.6 Å². The predicted molar refractivity (Wildman–Crippen MR) is 116 cm³/mol. The van der Waals surface area contributed by atoms with Crippen molar-refractivity contribution in [3.05, 3.63) is 58.6 Å². The van der Waals surface area contributed by atoms with E-state index in [9.17, 15) is 4.79 Å². The zero-order chi connectivity index (χ0) is 21.1. The first-order chi connectivity index (χ1) is 14.6. The van der Waals surface area contributed by atoms with Crippen LogP contribution in [-0.2, 0) is 6.54 Å². The lowest BCUT2D eigenvalue weighted by Gasteiger charge is -2.20. The number of ether oxygens (including phenoxy) is 3. The maximum Gasteiger partial charge on any atom is 0.266 e. The SMILES string of the molecule is CCOc1ccc(-c2nc(C)c(C(=O)N(CC)Cc3ccc4c(c3)OCO4)s2)cc1. The molecular weight excluding hydrogens is 400 g/mol. The Morgan fingerprint density at radius 1 is 1.13 bits per heavy atom. The number of carbonyl (C=O) groups excluding carboxylic acids is 1. The quantitative estimate of drug-likeness (QED) is 0.539. The molecule has 0 spiro atoms. The van der Waals surface area contributed by atoms with E-state index in [0.717, 1.165) is 39.1 Å². The summed E-state index contributed by atoms with van der Waals surface area (Å²) < 4.78 is 16.3. The molecule has 1 amide bonds. The third kappa shape index (κ3) is 4.11. The van der Waals surface area contributed by atoms with E-state index >= 15 is 0 Å². The van der Waals surface area contributed by atoms with E-state index in [4.69, 9.17) is 14.2 Å². The lowest BCUT2D eigenvalue weighted by atomic mass is 10.2. The summed E-state index contributed by atoms with van der Waals surface area (Å²) >= 11 is 1.43. The standard InChI is InChI=1S/C23H24N2O4S/c1-4-25(13-16-6-11-19-20(12-16)29-14-28-19)23(26)21-15(3)24-22(30-21)17-7-9-18(10-8-17)27-5-2/h6-12H,4-5,13-14H2,1-3H3. The Kier molecular flexibility index (Phi) is 5.90. The number of aromatic nitrogens is 1. The Morgan fingerprint density at radius 2 is 1.90 bits per heavy atom. The highest BCUT2D eigenvalue weighted by molar-refractivity contribution is 7.17. The molecular formula is C23H24N2O4S. The van der Waals surface area contributed by atoms with Crippen molar-refractivity contribution in [2.24, 2.45) is 0 Å². The number of thiazole rings is 1. The molecule has 156 valence electrons. The van der Waals surface area contributed by atoms with Crippen LogP contribution in [-0.4, -0.2) is 35.7 Å². The molecule has 0 fully saturated rings. The fraction of sp³-hybridized carbons (Fsp3) is 0.304. The van der Waals surface area contributed by atoms with Crippen molar-refractivity contribution in [1.82, 2.24) is 9.88 Å². The molecule has 0 radical (unpaired) electrons. The van der Waals surface area contributed by atoms with Crippen molar-refractivity contribution in [3.63, 3.8) is 0 Å². The lowest BCUT2D eigenvalue weighted by Crippen LogP contribution is -2.30. The zero-order valence-corrected chi connectivity index (χ0v) is 18.1. The molecule has 4 rings (SSSR count). The first-order valence-electron chi connectivity index (χ1n) is 9.97. The van der Waals surface area contributed by atoms with Gasteiger partial charge in [0.05, 0.1) is 12.3 Å². The van der Waals surface area contributed by atoms with Crippen molar-refractivity contribution >= 4 is 17.2 Å². The van der Waals surface area contributed by atoms with Gasteiger partial charge in [0.2, 0.25) is 6.79 Å². The Morgan fingerprint density at radius 3 is 2.63 bits per heavy atom. The van der Waals surface area contributed by atoms with Crippen LogP contribution in [0.3, 0.4) is 0 Å². The molecule has 1 aliphatic heterocycles. The highest BCUT2D eigenvalue weighted by Crippen LogP contribution is 2.34. The highest BCUT2D eigenvalue weighted by Gasteiger charge is 2.22. The van der Waals surface area contributed by atoms with Crippen LogP contribution >= 0.6 is 11.3 Å².